The number of unbranched alkanes of at least 4 members (excludes halogenated alkanes) is 17. The molecule has 3 unspecified atom stereocenters. The second-order valence-electron chi connectivity index (χ2n) is 14.8. The molecule has 6 heteroatoms. The smallest absolute Gasteiger partial charge is 0.306 e. The van der Waals surface area contributed by atoms with E-state index in [0.29, 0.717) is 19.3 Å². The zero-order valence-corrected chi connectivity index (χ0v) is 35.1. The summed E-state index contributed by atoms with van der Waals surface area (Å²) < 4.78 is 5.85. The first-order valence-electron chi connectivity index (χ1n) is 22.2. The average molecular weight is 754 g/mol. The topological polar surface area (TPSA) is 95.9 Å². The van der Waals surface area contributed by atoms with Gasteiger partial charge in [0.25, 0.3) is 0 Å². The average Bonchev–Trinajstić information content (AvgIpc) is 3.16. The van der Waals surface area contributed by atoms with E-state index in [1.54, 1.807) is 0 Å². The van der Waals surface area contributed by atoms with Gasteiger partial charge in [0.1, 0.15) is 6.10 Å². The molecule has 310 valence electrons. The maximum Gasteiger partial charge on any atom is 0.306 e. The Morgan fingerprint density at radius 3 is 1.74 bits per heavy atom. The summed E-state index contributed by atoms with van der Waals surface area (Å²) in [5.41, 5.74) is 0. The van der Waals surface area contributed by atoms with Crippen molar-refractivity contribution in [1.29, 1.82) is 0 Å². The SMILES string of the molecule is CC/C=C/C=C/C=C\C=C/CCCC(CC(=O)NC(CO)C(O)CCCCCCCCCCCC)OC(=O)CCCCCCCCC/C=C/C/C=C/CC. The third-order valence-electron chi connectivity index (χ3n) is 9.63. The number of aliphatic hydroxyl groups excluding tert-OH is 2. The van der Waals surface area contributed by atoms with Crippen molar-refractivity contribution in [2.24, 2.45) is 0 Å². The molecular formula is C48H83NO5. The van der Waals surface area contributed by atoms with Gasteiger partial charge < -0.3 is 20.3 Å². The van der Waals surface area contributed by atoms with Gasteiger partial charge in [-0.2, -0.15) is 0 Å². The van der Waals surface area contributed by atoms with Crippen LogP contribution >= 0.6 is 0 Å². The van der Waals surface area contributed by atoms with Crippen LogP contribution in [0.15, 0.2) is 72.9 Å². The summed E-state index contributed by atoms with van der Waals surface area (Å²) in [4.78, 5) is 25.9. The molecule has 0 bridgehead atoms. The number of esters is 1. The molecule has 0 aromatic rings. The number of nitrogens with one attached hydrogen (secondary N) is 1. The second-order valence-corrected chi connectivity index (χ2v) is 14.8. The number of allylic oxidation sites excluding steroid dienone is 12. The first kappa shape index (κ1) is 51.3. The molecule has 0 rings (SSSR count). The van der Waals surface area contributed by atoms with E-state index in [2.05, 4.69) is 62.5 Å². The Hall–Kier alpha value is -2.70. The lowest BCUT2D eigenvalue weighted by Gasteiger charge is -2.24. The van der Waals surface area contributed by atoms with Gasteiger partial charge in [-0.1, -0.05) is 190 Å². The lowest BCUT2D eigenvalue weighted by atomic mass is 10.0. The van der Waals surface area contributed by atoms with Gasteiger partial charge in [-0.15, -0.1) is 0 Å². The lowest BCUT2D eigenvalue weighted by Crippen LogP contribution is -2.46. The summed E-state index contributed by atoms with van der Waals surface area (Å²) in [6, 6.07) is -0.724. The van der Waals surface area contributed by atoms with Gasteiger partial charge in [0, 0.05) is 6.42 Å². The fourth-order valence-electron chi connectivity index (χ4n) is 6.31. The Kier molecular flexibility index (Phi) is 39.4. The highest BCUT2D eigenvalue weighted by molar-refractivity contribution is 5.77. The zero-order valence-electron chi connectivity index (χ0n) is 35.1. The zero-order chi connectivity index (χ0) is 39.6. The Labute approximate surface area is 332 Å². The van der Waals surface area contributed by atoms with Gasteiger partial charge in [0.05, 0.1) is 25.2 Å². The maximum atomic E-state index is 13.1. The number of aliphatic hydroxyl groups is 2. The first-order chi connectivity index (χ1) is 26.5. The molecule has 3 N–H and O–H groups in total. The molecule has 1 amide bonds. The normalized spacial score (nSPS) is 14.1. The van der Waals surface area contributed by atoms with Crippen molar-refractivity contribution in [2.75, 3.05) is 6.61 Å². The van der Waals surface area contributed by atoms with Gasteiger partial charge in [-0.3, -0.25) is 9.59 Å². The third-order valence-corrected chi connectivity index (χ3v) is 9.63. The first-order valence-corrected chi connectivity index (χ1v) is 22.2. The summed E-state index contributed by atoms with van der Waals surface area (Å²) >= 11 is 0. The number of amides is 1. The predicted molar refractivity (Wildman–Crippen MR) is 231 cm³/mol. The Balaban J connectivity index is 4.69. The van der Waals surface area contributed by atoms with Crippen LogP contribution in [0.1, 0.15) is 194 Å². The number of hydrogen-bond acceptors (Lipinski definition) is 5. The van der Waals surface area contributed by atoms with Crippen LogP contribution < -0.4 is 5.32 Å². The van der Waals surface area contributed by atoms with Crippen LogP contribution in [0.5, 0.6) is 0 Å². The number of hydrogen-bond donors (Lipinski definition) is 3. The minimum absolute atomic E-state index is 0.0253. The Morgan fingerprint density at radius 2 is 1.11 bits per heavy atom. The minimum Gasteiger partial charge on any atom is -0.462 e. The second kappa shape index (κ2) is 41.5. The van der Waals surface area contributed by atoms with Gasteiger partial charge >= 0.3 is 5.97 Å². The highest BCUT2D eigenvalue weighted by Crippen LogP contribution is 2.16. The molecule has 0 aromatic carbocycles. The molecule has 0 heterocycles. The predicted octanol–water partition coefficient (Wildman–Crippen LogP) is 12.7. The molecular weight excluding hydrogens is 671 g/mol. The van der Waals surface area contributed by atoms with Crippen molar-refractivity contribution in [3.05, 3.63) is 72.9 Å². The molecule has 0 aliphatic carbocycles. The molecule has 0 radical (unpaired) electrons. The van der Waals surface area contributed by atoms with Crippen LogP contribution in [-0.2, 0) is 14.3 Å². The summed E-state index contributed by atoms with van der Waals surface area (Å²) in [7, 11) is 0. The van der Waals surface area contributed by atoms with Gasteiger partial charge in [0.2, 0.25) is 5.91 Å². The standard InChI is InChI=1S/C48H83NO5/c1-4-7-10-13-16-19-22-23-24-26-29-32-35-38-41-48(53)54-44(39-36-33-30-27-25-20-17-14-11-8-5-2)42-47(52)49-45(43-50)46(51)40-37-34-31-28-21-18-15-12-9-6-3/h7-8,10-11,14,16-17,19-20,25,27,30,44-46,50-51H,4-6,9,12-13,15,18,21-24,26,28-29,31-43H2,1-3H3,(H,49,52)/b10-7+,11-8+,17-14+,19-16+,25-20-,30-27-. The highest BCUT2D eigenvalue weighted by atomic mass is 16.5. The molecule has 0 saturated carbocycles. The molecule has 0 aliphatic heterocycles. The number of ether oxygens (including phenoxy) is 1. The largest absolute Gasteiger partial charge is 0.462 e. The van der Waals surface area contributed by atoms with Crippen LogP contribution in [0.4, 0.5) is 0 Å². The van der Waals surface area contributed by atoms with E-state index in [1.807, 2.05) is 36.5 Å². The fraction of sp³-hybridized carbons (Fsp3) is 0.708. The summed E-state index contributed by atoms with van der Waals surface area (Å²) in [6.45, 7) is 6.17. The van der Waals surface area contributed by atoms with E-state index in [4.69, 9.17) is 4.74 Å². The maximum absolute atomic E-state index is 13.1. The fourth-order valence-corrected chi connectivity index (χ4v) is 6.31. The molecule has 0 aromatic heterocycles. The third kappa shape index (κ3) is 36.3. The van der Waals surface area contributed by atoms with E-state index in [0.717, 1.165) is 77.0 Å². The van der Waals surface area contributed by atoms with Crippen molar-refractivity contribution in [3.63, 3.8) is 0 Å². The monoisotopic (exact) mass is 754 g/mol. The molecule has 0 aliphatic rings. The molecule has 0 saturated heterocycles. The quantitative estimate of drug-likeness (QED) is 0.0252. The van der Waals surface area contributed by atoms with Gasteiger partial charge in [-0.25, -0.2) is 0 Å². The number of rotatable bonds is 38. The summed E-state index contributed by atoms with van der Waals surface area (Å²) in [5.74, 6) is -0.560. The molecule has 54 heavy (non-hydrogen) atoms. The lowest BCUT2D eigenvalue weighted by molar-refractivity contribution is -0.151. The van der Waals surface area contributed by atoms with Crippen LogP contribution in [0.25, 0.3) is 0 Å². The van der Waals surface area contributed by atoms with Gasteiger partial charge in [-0.05, 0) is 64.2 Å². The highest BCUT2D eigenvalue weighted by Gasteiger charge is 2.24. The summed E-state index contributed by atoms with van der Waals surface area (Å²) in [6.07, 6.45) is 51.1. The van der Waals surface area contributed by atoms with Crippen molar-refractivity contribution in [2.45, 2.75) is 212 Å². The molecule has 0 fully saturated rings. The minimum atomic E-state index is -0.806. The van der Waals surface area contributed by atoms with E-state index >= 15 is 0 Å². The summed E-state index contributed by atoms with van der Waals surface area (Å²) in [5, 5.41) is 23.5. The van der Waals surface area contributed by atoms with Crippen LogP contribution in [0.3, 0.4) is 0 Å². The van der Waals surface area contributed by atoms with Crippen LogP contribution in [-0.4, -0.2) is 46.9 Å². The van der Waals surface area contributed by atoms with E-state index in [1.165, 1.54) is 70.6 Å². The van der Waals surface area contributed by atoms with Crippen molar-refractivity contribution < 1.29 is 24.5 Å². The van der Waals surface area contributed by atoms with Gasteiger partial charge in [0.15, 0.2) is 0 Å². The van der Waals surface area contributed by atoms with Crippen molar-refractivity contribution in [3.8, 4) is 0 Å². The number of carbonyl (C=O) groups is 2. The van der Waals surface area contributed by atoms with E-state index in [9.17, 15) is 19.8 Å². The molecule has 3 atom stereocenters. The molecule has 0 spiro atoms. The van der Waals surface area contributed by atoms with Crippen LogP contribution in [0, 0.1) is 0 Å². The van der Waals surface area contributed by atoms with Crippen LogP contribution in [0.2, 0.25) is 0 Å². The Morgan fingerprint density at radius 1 is 0.574 bits per heavy atom. The Bertz CT molecular complexity index is 1030. The van der Waals surface area contributed by atoms with E-state index < -0.39 is 18.2 Å². The van der Waals surface area contributed by atoms with Crippen molar-refractivity contribution >= 4 is 11.9 Å². The van der Waals surface area contributed by atoms with Crippen molar-refractivity contribution in [1.82, 2.24) is 5.32 Å². The number of carbonyl (C=O) groups excluding carboxylic acids is 2. The molecule has 6 nitrogen and oxygen atoms in total. The van der Waals surface area contributed by atoms with E-state index in [-0.39, 0.29) is 24.9 Å².